The Morgan fingerprint density at radius 3 is 2.38 bits per heavy atom. The van der Waals surface area contributed by atoms with Crippen molar-refractivity contribution in [2.24, 2.45) is 5.41 Å². The van der Waals surface area contributed by atoms with E-state index >= 15 is 0 Å². The molecule has 16 heavy (non-hydrogen) atoms. The summed E-state index contributed by atoms with van der Waals surface area (Å²) in [7, 11) is 0. The van der Waals surface area contributed by atoms with Gasteiger partial charge < -0.3 is 10.2 Å². The van der Waals surface area contributed by atoms with Crippen LogP contribution in [0.2, 0.25) is 5.02 Å². The van der Waals surface area contributed by atoms with E-state index in [9.17, 15) is 15.0 Å². The fourth-order valence-corrected chi connectivity index (χ4v) is 2.59. The summed E-state index contributed by atoms with van der Waals surface area (Å²) in [4.78, 5) is 11.4. The number of phenolic OH excluding ortho intramolecular Hbond substituents is 1. The van der Waals surface area contributed by atoms with Gasteiger partial charge in [-0.25, -0.2) is 0 Å². The summed E-state index contributed by atoms with van der Waals surface area (Å²) in [6, 6.07) is 4.59. The maximum Gasteiger partial charge on any atom is 0.314 e. The van der Waals surface area contributed by atoms with E-state index in [0.29, 0.717) is 17.0 Å². The molecule has 1 unspecified atom stereocenters. The van der Waals surface area contributed by atoms with E-state index in [0.717, 1.165) is 0 Å². The Morgan fingerprint density at radius 2 is 2.00 bits per heavy atom. The van der Waals surface area contributed by atoms with Crippen LogP contribution in [0, 0.1) is 5.41 Å². The van der Waals surface area contributed by atoms with Crippen molar-refractivity contribution in [1.82, 2.24) is 0 Å². The van der Waals surface area contributed by atoms with Crippen LogP contribution in [-0.4, -0.2) is 16.2 Å². The lowest BCUT2D eigenvalue weighted by molar-refractivity contribution is -0.141. The van der Waals surface area contributed by atoms with Gasteiger partial charge in [-0.1, -0.05) is 31.5 Å². The molecule has 1 aromatic rings. The van der Waals surface area contributed by atoms with Crippen LogP contribution in [0.1, 0.15) is 25.8 Å². The molecule has 0 spiro atoms. The molecule has 0 aliphatic heterocycles. The second-order valence-electron chi connectivity index (χ2n) is 4.93. The molecule has 0 amide bonds. The Bertz CT molecular complexity index is 467. The Labute approximate surface area is 98.7 Å². The second kappa shape index (κ2) is 3.14. The van der Waals surface area contributed by atoms with Crippen LogP contribution < -0.4 is 0 Å². The molecular weight excluding hydrogens is 228 g/mol. The van der Waals surface area contributed by atoms with Gasteiger partial charge in [-0.05, 0) is 24.0 Å². The zero-order valence-electron chi connectivity index (χ0n) is 9.12. The van der Waals surface area contributed by atoms with Crippen molar-refractivity contribution in [1.29, 1.82) is 0 Å². The highest BCUT2D eigenvalue weighted by Crippen LogP contribution is 2.65. The van der Waals surface area contributed by atoms with E-state index in [4.69, 9.17) is 11.6 Å². The molecule has 2 N–H and O–H groups in total. The Hall–Kier alpha value is -1.22. The Morgan fingerprint density at radius 1 is 1.44 bits per heavy atom. The van der Waals surface area contributed by atoms with Crippen LogP contribution in [0.5, 0.6) is 5.75 Å². The van der Waals surface area contributed by atoms with Gasteiger partial charge in [0.2, 0.25) is 0 Å². The Balaban J connectivity index is 2.56. The highest BCUT2D eigenvalue weighted by Gasteiger charge is 2.68. The van der Waals surface area contributed by atoms with Crippen molar-refractivity contribution in [2.75, 3.05) is 0 Å². The zero-order chi connectivity index (χ0) is 12.1. The fraction of sp³-hybridized carbons (Fsp3) is 0.417. The number of aromatic hydroxyl groups is 1. The molecule has 86 valence electrons. The van der Waals surface area contributed by atoms with E-state index in [-0.39, 0.29) is 11.2 Å². The highest BCUT2D eigenvalue weighted by molar-refractivity contribution is 6.30. The predicted molar refractivity (Wildman–Crippen MR) is 60.8 cm³/mol. The first-order valence-electron chi connectivity index (χ1n) is 5.04. The van der Waals surface area contributed by atoms with Crippen molar-refractivity contribution in [2.45, 2.75) is 25.7 Å². The third-order valence-corrected chi connectivity index (χ3v) is 3.76. The summed E-state index contributed by atoms with van der Waals surface area (Å²) in [5, 5.41) is 19.5. The highest BCUT2D eigenvalue weighted by atomic mass is 35.5. The first kappa shape index (κ1) is 11.3. The SMILES string of the molecule is CC1(C)CC1(C(=O)O)c1ccc(Cl)cc1O. The first-order valence-corrected chi connectivity index (χ1v) is 5.41. The summed E-state index contributed by atoms with van der Waals surface area (Å²) < 4.78 is 0. The average molecular weight is 241 g/mol. The Kier molecular flexibility index (Phi) is 2.21. The van der Waals surface area contributed by atoms with Gasteiger partial charge in [0.15, 0.2) is 0 Å². The molecule has 0 radical (unpaired) electrons. The summed E-state index contributed by atoms with van der Waals surface area (Å²) in [5.41, 5.74) is -0.847. The molecule has 1 saturated carbocycles. The van der Waals surface area contributed by atoms with Gasteiger partial charge in [-0.15, -0.1) is 0 Å². The third-order valence-electron chi connectivity index (χ3n) is 3.52. The minimum absolute atomic E-state index is 0.0412. The summed E-state index contributed by atoms with van der Waals surface area (Å²) in [6.07, 6.45) is 0.532. The molecular formula is C12H13ClO3. The smallest absolute Gasteiger partial charge is 0.314 e. The van der Waals surface area contributed by atoms with Crippen LogP contribution >= 0.6 is 11.6 Å². The van der Waals surface area contributed by atoms with Gasteiger partial charge in [-0.2, -0.15) is 0 Å². The van der Waals surface area contributed by atoms with Gasteiger partial charge in [-0.3, -0.25) is 4.79 Å². The molecule has 0 aromatic heterocycles. The van der Waals surface area contributed by atoms with Gasteiger partial charge in [0, 0.05) is 10.6 Å². The minimum Gasteiger partial charge on any atom is -0.508 e. The largest absolute Gasteiger partial charge is 0.508 e. The molecule has 4 heteroatoms. The van der Waals surface area contributed by atoms with Crippen LogP contribution in [0.25, 0.3) is 0 Å². The van der Waals surface area contributed by atoms with Gasteiger partial charge in [0.1, 0.15) is 11.2 Å². The number of benzene rings is 1. The van der Waals surface area contributed by atoms with Gasteiger partial charge in [0.05, 0.1) is 0 Å². The van der Waals surface area contributed by atoms with E-state index in [1.807, 2.05) is 13.8 Å². The van der Waals surface area contributed by atoms with E-state index in [1.54, 1.807) is 12.1 Å². The molecule has 1 fully saturated rings. The maximum atomic E-state index is 11.4. The minimum atomic E-state index is -0.971. The number of rotatable bonds is 2. The lowest BCUT2D eigenvalue weighted by atomic mass is 9.87. The van der Waals surface area contributed by atoms with Gasteiger partial charge >= 0.3 is 5.97 Å². The van der Waals surface area contributed by atoms with Crippen molar-refractivity contribution >= 4 is 17.6 Å². The van der Waals surface area contributed by atoms with Crippen LogP contribution in [0.3, 0.4) is 0 Å². The van der Waals surface area contributed by atoms with Crippen LogP contribution in [0.4, 0.5) is 0 Å². The number of carboxylic acid groups (broad SMARTS) is 1. The summed E-state index contributed by atoms with van der Waals surface area (Å²) in [5.74, 6) is -0.935. The monoisotopic (exact) mass is 240 g/mol. The van der Waals surface area contributed by atoms with Crippen molar-refractivity contribution in [3.05, 3.63) is 28.8 Å². The zero-order valence-corrected chi connectivity index (χ0v) is 9.88. The van der Waals surface area contributed by atoms with Crippen LogP contribution in [0.15, 0.2) is 18.2 Å². The normalized spacial score (nSPS) is 26.4. The van der Waals surface area contributed by atoms with Crippen molar-refractivity contribution < 1.29 is 15.0 Å². The molecule has 1 aromatic carbocycles. The molecule has 0 saturated heterocycles. The average Bonchev–Trinajstić information content (AvgIpc) is 2.70. The van der Waals surface area contributed by atoms with E-state index in [2.05, 4.69) is 0 Å². The van der Waals surface area contributed by atoms with E-state index < -0.39 is 11.4 Å². The molecule has 3 nitrogen and oxygen atoms in total. The van der Waals surface area contributed by atoms with Gasteiger partial charge in [0.25, 0.3) is 0 Å². The standard InChI is InChI=1S/C12H13ClO3/c1-11(2)6-12(11,10(15)16)8-4-3-7(13)5-9(8)14/h3-5,14H,6H2,1-2H3,(H,15,16). The predicted octanol–water partition coefficient (Wildman–Crippen LogP) is 2.80. The number of carboxylic acids is 1. The lowest BCUT2D eigenvalue weighted by Crippen LogP contribution is -2.25. The molecule has 0 heterocycles. The van der Waals surface area contributed by atoms with Crippen molar-refractivity contribution in [3.8, 4) is 5.75 Å². The second-order valence-corrected chi connectivity index (χ2v) is 5.37. The quantitative estimate of drug-likeness (QED) is 0.836. The fourth-order valence-electron chi connectivity index (χ4n) is 2.42. The molecule has 2 rings (SSSR count). The first-order chi connectivity index (χ1) is 7.31. The molecule has 0 bridgehead atoms. The molecule has 1 aliphatic rings. The third kappa shape index (κ3) is 1.31. The summed E-state index contributed by atoms with van der Waals surface area (Å²) >= 11 is 5.73. The topological polar surface area (TPSA) is 57.5 Å². The number of aliphatic carboxylic acids is 1. The molecule has 1 atom stereocenters. The number of halogens is 1. The van der Waals surface area contributed by atoms with Crippen molar-refractivity contribution in [3.63, 3.8) is 0 Å². The molecule has 1 aliphatic carbocycles. The number of carbonyl (C=O) groups is 1. The maximum absolute atomic E-state index is 11.4. The number of hydrogen-bond donors (Lipinski definition) is 2. The number of phenols is 1. The van der Waals surface area contributed by atoms with E-state index in [1.165, 1.54) is 6.07 Å². The van der Waals surface area contributed by atoms with Crippen LogP contribution in [-0.2, 0) is 10.2 Å². The summed E-state index contributed by atoms with van der Waals surface area (Å²) in [6.45, 7) is 3.77. The number of hydrogen-bond acceptors (Lipinski definition) is 2. The lowest BCUT2D eigenvalue weighted by Gasteiger charge is -2.17.